The van der Waals surface area contributed by atoms with E-state index >= 15 is 0 Å². The SMILES string of the molecule is COc1ccc(CNc2cccc([N+](=O)[O-])c2)cc1OC. The summed E-state index contributed by atoms with van der Waals surface area (Å²) in [5.74, 6) is 1.31. The summed E-state index contributed by atoms with van der Waals surface area (Å²) in [7, 11) is 3.16. The van der Waals surface area contributed by atoms with Crippen LogP contribution in [0.4, 0.5) is 11.4 Å². The Morgan fingerprint density at radius 2 is 1.86 bits per heavy atom. The van der Waals surface area contributed by atoms with E-state index in [0.717, 1.165) is 5.56 Å². The molecule has 0 aliphatic rings. The van der Waals surface area contributed by atoms with Crippen LogP contribution in [0.3, 0.4) is 0 Å². The van der Waals surface area contributed by atoms with E-state index in [2.05, 4.69) is 5.32 Å². The number of benzene rings is 2. The minimum atomic E-state index is -0.415. The second kappa shape index (κ2) is 6.60. The molecule has 0 heterocycles. The molecule has 0 spiro atoms. The van der Waals surface area contributed by atoms with E-state index in [0.29, 0.717) is 23.7 Å². The zero-order valence-electron chi connectivity index (χ0n) is 11.8. The maximum Gasteiger partial charge on any atom is 0.271 e. The minimum absolute atomic E-state index is 0.0623. The number of hydrogen-bond donors (Lipinski definition) is 1. The zero-order valence-corrected chi connectivity index (χ0v) is 11.8. The normalized spacial score (nSPS) is 10.0. The lowest BCUT2D eigenvalue weighted by molar-refractivity contribution is -0.384. The van der Waals surface area contributed by atoms with Gasteiger partial charge in [-0.1, -0.05) is 12.1 Å². The van der Waals surface area contributed by atoms with E-state index in [-0.39, 0.29) is 5.69 Å². The molecule has 0 aliphatic carbocycles. The lowest BCUT2D eigenvalue weighted by Gasteiger charge is -2.11. The Kier molecular flexibility index (Phi) is 4.61. The lowest BCUT2D eigenvalue weighted by atomic mass is 10.2. The molecule has 0 aromatic heterocycles. The van der Waals surface area contributed by atoms with Crippen LogP contribution in [0.5, 0.6) is 11.5 Å². The van der Waals surface area contributed by atoms with Crippen molar-refractivity contribution in [2.24, 2.45) is 0 Å². The second-order valence-electron chi connectivity index (χ2n) is 4.35. The number of rotatable bonds is 6. The fraction of sp³-hybridized carbons (Fsp3) is 0.200. The Hall–Kier alpha value is -2.76. The molecule has 0 saturated carbocycles. The molecule has 2 aromatic rings. The van der Waals surface area contributed by atoms with Gasteiger partial charge >= 0.3 is 0 Å². The van der Waals surface area contributed by atoms with E-state index in [9.17, 15) is 10.1 Å². The number of nitro groups is 1. The van der Waals surface area contributed by atoms with Gasteiger partial charge in [-0.15, -0.1) is 0 Å². The van der Waals surface area contributed by atoms with Crippen LogP contribution in [-0.2, 0) is 6.54 Å². The summed E-state index contributed by atoms with van der Waals surface area (Å²) in [4.78, 5) is 10.3. The van der Waals surface area contributed by atoms with Gasteiger partial charge in [0.15, 0.2) is 11.5 Å². The van der Waals surface area contributed by atoms with Crippen molar-refractivity contribution in [1.29, 1.82) is 0 Å². The van der Waals surface area contributed by atoms with Crippen LogP contribution in [0.15, 0.2) is 42.5 Å². The molecule has 110 valence electrons. The molecule has 2 aromatic carbocycles. The molecule has 1 N–H and O–H groups in total. The van der Waals surface area contributed by atoms with Crippen molar-refractivity contribution in [1.82, 2.24) is 0 Å². The topological polar surface area (TPSA) is 73.6 Å². The first-order chi connectivity index (χ1) is 10.1. The second-order valence-corrected chi connectivity index (χ2v) is 4.35. The first-order valence-electron chi connectivity index (χ1n) is 6.33. The first kappa shape index (κ1) is 14.6. The smallest absolute Gasteiger partial charge is 0.271 e. The van der Waals surface area contributed by atoms with Gasteiger partial charge in [-0.2, -0.15) is 0 Å². The molecule has 0 bridgehead atoms. The van der Waals surface area contributed by atoms with Gasteiger partial charge in [0.25, 0.3) is 5.69 Å². The lowest BCUT2D eigenvalue weighted by Crippen LogP contribution is -2.01. The van der Waals surface area contributed by atoms with Crippen molar-refractivity contribution >= 4 is 11.4 Å². The summed E-state index contributed by atoms with van der Waals surface area (Å²) < 4.78 is 10.4. The van der Waals surface area contributed by atoms with Crippen molar-refractivity contribution in [3.8, 4) is 11.5 Å². The Morgan fingerprint density at radius 3 is 2.52 bits per heavy atom. The molecule has 0 radical (unpaired) electrons. The number of hydrogen-bond acceptors (Lipinski definition) is 5. The molecule has 6 heteroatoms. The van der Waals surface area contributed by atoms with Crippen molar-refractivity contribution in [3.05, 3.63) is 58.1 Å². The van der Waals surface area contributed by atoms with Crippen molar-refractivity contribution in [2.75, 3.05) is 19.5 Å². The van der Waals surface area contributed by atoms with E-state index < -0.39 is 4.92 Å². The monoisotopic (exact) mass is 288 g/mol. The highest BCUT2D eigenvalue weighted by atomic mass is 16.6. The summed E-state index contributed by atoms with van der Waals surface area (Å²) in [5.41, 5.74) is 1.74. The number of methoxy groups -OCH3 is 2. The quantitative estimate of drug-likeness (QED) is 0.652. The minimum Gasteiger partial charge on any atom is -0.493 e. The standard InChI is InChI=1S/C15H16N2O4/c1-20-14-7-6-11(8-15(14)21-2)10-16-12-4-3-5-13(9-12)17(18)19/h3-9,16H,10H2,1-2H3. The van der Waals surface area contributed by atoms with Gasteiger partial charge in [-0.3, -0.25) is 10.1 Å². The zero-order chi connectivity index (χ0) is 15.2. The maximum atomic E-state index is 10.7. The number of non-ortho nitro benzene ring substituents is 1. The summed E-state index contributed by atoms with van der Waals surface area (Å²) in [6, 6.07) is 12.0. The Balaban J connectivity index is 2.09. The van der Waals surface area contributed by atoms with Gasteiger partial charge in [0.2, 0.25) is 0 Å². The van der Waals surface area contributed by atoms with E-state index in [1.807, 2.05) is 18.2 Å². The Bertz CT molecular complexity index is 643. The molecule has 0 unspecified atom stereocenters. The van der Waals surface area contributed by atoms with Gasteiger partial charge in [0.1, 0.15) is 0 Å². The molecule has 0 atom stereocenters. The van der Waals surface area contributed by atoms with Crippen LogP contribution in [0.1, 0.15) is 5.56 Å². The number of nitrogens with zero attached hydrogens (tertiary/aromatic N) is 1. The Labute approximate surface area is 122 Å². The highest BCUT2D eigenvalue weighted by Gasteiger charge is 2.07. The summed E-state index contributed by atoms with van der Waals surface area (Å²) in [6.07, 6.45) is 0. The molecule has 0 amide bonds. The van der Waals surface area contributed by atoms with Crippen LogP contribution in [-0.4, -0.2) is 19.1 Å². The van der Waals surface area contributed by atoms with E-state index in [1.165, 1.54) is 12.1 Å². The average Bonchev–Trinajstić information content (AvgIpc) is 2.52. The van der Waals surface area contributed by atoms with Crippen molar-refractivity contribution in [3.63, 3.8) is 0 Å². The molecule has 21 heavy (non-hydrogen) atoms. The van der Waals surface area contributed by atoms with Crippen LogP contribution in [0, 0.1) is 10.1 Å². The molecule has 0 aliphatic heterocycles. The third-order valence-corrected chi connectivity index (χ3v) is 3.00. The molecule has 0 fully saturated rings. The summed E-state index contributed by atoms with van der Waals surface area (Å²) in [6.45, 7) is 0.529. The van der Waals surface area contributed by atoms with Gasteiger partial charge in [-0.05, 0) is 23.8 Å². The number of ether oxygens (including phenoxy) is 2. The predicted octanol–water partition coefficient (Wildman–Crippen LogP) is 3.22. The predicted molar refractivity (Wildman–Crippen MR) is 80.0 cm³/mol. The largest absolute Gasteiger partial charge is 0.493 e. The highest BCUT2D eigenvalue weighted by Crippen LogP contribution is 2.28. The fourth-order valence-electron chi connectivity index (χ4n) is 1.92. The highest BCUT2D eigenvalue weighted by molar-refractivity contribution is 5.52. The van der Waals surface area contributed by atoms with Crippen molar-refractivity contribution in [2.45, 2.75) is 6.54 Å². The van der Waals surface area contributed by atoms with E-state index in [4.69, 9.17) is 9.47 Å². The Morgan fingerprint density at radius 1 is 1.10 bits per heavy atom. The third-order valence-electron chi connectivity index (χ3n) is 3.00. The van der Waals surface area contributed by atoms with Crippen LogP contribution in [0.2, 0.25) is 0 Å². The molecular weight excluding hydrogens is 272 g/mol. The molecule has 0 saturated heterocycles. The molecule has 6 nitrogen and oxygen atoms in total. The number of nitrogens with one attached hydrogen (secondary N) is 1. The summed E-state index contributed by atoms with van der Waals surface area (Å²) >= 11 is 0. The first-order valence-corrected chi connectivity index (χ1v) is 6.33. The van der Waals surface area contributed by atoms with Gasteiger partial charge < -0.3 is 14.8 Å². The summed E-state index contributed by atoms with van der Waals surface area (Å²) in [5, 5.41) is 13.9. The van der Waals surface area contributed by atoms with Gasteiger partial charge in [0, 0.05) is 24.4 Å². The van der Waals surface area contributed by atoms with Crippen molar-refractivity contribution < 1.29 is 14.4 Å². The van der Waals surface area contributed by atoms with Gasteiger partial charge in [0.05, 0.1) is 19.1 Å². The number of nitro benzene ring substituents is 1. The van der Waals surface area contributed by atoms with Crippen LogP contribution >= 0.6 is 0 Å². The van der Waals surface area contributed by atoms with Gasteiger partial charge in [-0.25, -0.2) is 0 Å². The third kappa shape index (κ3) is 3.62. The number of anilines is 1. The molecular formula is C15H16N2O4. The average molecular weight is 288 g/mol. The van der Waals surface area contributed by atoms with Crippen LogP contribution in [0.25, 0.3) is 0 Å². The fourth-order valence-corrected chi connectivity index (χ4v) is 1.92. The van der Waals surface area contributed by atoms with Crippen LogP contribution < -0.4 is 14.8 Å². The molecule has 2 rings (SSSR count). The maximum absolute atomic E-state index is 10.7. The van der Waals surface area contributed by atoms with E-state index in [1.54, 1.807) is 26.4 Å².